The molecule has 3 heterocycles. The van der Waals surface area contributed by atoms with Gasteiger partial charge in [-0.15, -0.1) is 0 Å². The van der Waals surface area contributed by atoms with E-state index in [0.29, 0.717) is 18.3 Å². The highest BCUT2D eigenvalue weighted by molar-refractivity contribution is 6.09. The van der Waals surface area contributed by atoms with E-state index in [1.54, 1.807) is 4.90 Å². The standard InChI is InChI=1S/C21H19N5O2/c1-21(2)14-9-16-17(24-20(22)23-16)10-18(14)26(19(21)27)11-13-8-15(25-28-13)12-6-4-3-5-7-12/h3-10H,11H2,1-2H3,(H3,22,23,24). The van der Waals surface area contributed by atoms with Crippen LogP contribution in [0.15, 0.2) is 53.1 Å². The van der Waals surface area contributed by atoms with E-state index in [-0.39, 0.29) is 5.91 Å². The quantitative estimate of drug-likeness (QED) is 0.571. The van der Waals surface area contributed by atoms with Crippen molar-refractivity contribution in [2.75, 3.05) is 10.6 Å². The van der Waals surface area contributed by atoms with Crippen molar-refractivity contribution in [1.82, 2.24) is 15.1 Å². The van der Waals surface area contributed by atoms with Gasteiger partial charge in [0, 0.05) is 11.6 Å². The molecule has 1 amide bonds. The summed E-state index contributed by atoms with van der Waals surface area (Å²) in [6.45, 7) is 4.15. The van der Waals surface area contributed by atoms with Crippen LogP contribution in [0.2, 0.25) is 0 Å². The molecule has 0 unspecified atom stereocenters. The molecule has 0 saturated carbocycles. The number of aromatic amines is 1. The average Bonchev–Trinajstić information content (AvgIpc) is 3.34. The Balaban J connectivity index is 1.54. The summed E-state index contributed by atoms with van der Waals surface area (Å²) in [6.07, 6.45) is 0. The van der Waals surface area contributed by atoms with Gasteiger partial charge in [0.1, 0.15) is 5.69 Å². The maximum absolute atomic E-state index is 13.1. The number of nitrogens with two attached hydrogens (primary N) is 1. The number of hydrogen-bond donors (Lipinski definition) is 2. The molecule has 7 heteroatoms. The van der Waals surface area contributed by atoms with Crippen molar-refractivity contribution < 1.29 is 9.32 Å². The van der Waals surface area contributed by atoms with Crippen LogP contribution in [0, 0.1) is 0 Å². The van der Waals surface area contributed by atoms with Crippen molar-refractivity contribution in [3.05, 3.63) is 59.9 Å². The number of nitrogens with zero attached hydrogens (tertiary/aromatic N) is 3. The molecular formula is C21H19N5O2. The number of H-pyrrole nitrogens is 1. The number of hydrogen-bond acceptors (Lipinski definition) is 5. The average molecular weight is 373 g/mol. The normalized spacial score (nSPS) is 15.4. The smallest absolute Gasteiger partial charge is 0.237 e. The van der Waals surface area contributed by atoms with Gasteiger partial charge in [-0.05, 0) is 31.5 Å². The third kappa shape index (κ3) is 2.40. The summed E-state index contributed by atoms with van der Waals surface area (Å²) in [7, 11) is 0. The first-order valence-corrected chi connectivity index (χ1v) is 9.06. The zero-order valence-corrected chi connectivity index (χ0v) is 15.6. The molecule has 0 bridgehead atoms. The summed E-state index contributed by atoms with van der Waals surface area (Å²) >= 11 is 0. The van der Waals surface area contributed by atoms with E-state index < -0.39 is 5.41 Å². The maximum atomic E-state index is 13.1. The van der Waals surface area contributed by atoms with Crippen molar-refractivity contribution in [3.63, 3.8) is 0 Å². The molecular weight excluding hydrogens is 354 g/mol. The van der Waals surface area contributed by atoms with Gasteiger partial charge in [-0.2, -0.15) is 0 Å². The summed E-state index contributed by atoms with van der Waals surface area (Å²) in [5, 5.41) is 4.15. The van der Waals surface area contributed by atoms with E-state index in [9.17, 15) is 4.79 Å². The molecule has 140 valence electrons. The van der Waals surface area contributed by atoms with Crippen LogP contribution in [0.25, 0.3) is 22.3 Å². The number of rotatable bonds is 3. The molecule has 0 radical (unpaired) electrons. The van der Waals surface area contributed by atoms with Crippen LogP contribution < -0.4 is 10.6 Å². The number of imidazole rings is 1. The third-order valence-electron chi connectivity index (χ3n) is 5.30. The highest BCUT2D eigenvalue weighted by Gasteiger charge is 2.44. The molecule has 0 fully saturated rings. The molecule has 0 aliphatic carbocycles. The lowest BCUT2D eigenvalue weighted by molar-refractivity contribution is -0.122. The molecule has 7 nitrogen and oxygen atoms in total. The molecule has 2 aromatic heterocycles. The van der Waals surface area contributed by atoms with Crippen LogP contribution in [-0.4, -0.2) is 21.0 Å². The lowest BCUT2D eigenvalue weighted by Crippen LogP contribution is -2.35. The van der Waals surface area contributed by atoms with Gasteiger partial charge in [-0.3, -0.25) is 4.79 Å². The van der Waals surface area contributed by atoms with E-state index in [1.807, 2.05) is 62.4 Å². The fourth-order valence-electron chi connectivity index (χ4n) is 3.80. The lowest BCUT2D eigenvalue weighted by Gasteiger charge is -2.19. The summed E-state index contributed by atoms with van der Waals surface area (Å²) in [4.78, 5) is 22.2. The van der Waals surface area contributed by atoms with Crippen LogP contribution in [0.4, 0.5) is 11.6 Å². The summed E-state index contributed by atoms with van der Waals surface area (Å²) in [5.41, 5.74) is 10.2. The number of carbonyl (C=O) groups excluding carboxylic acids is 1. The number of nitrogen functional groups attached to an aromatic ring is 1. The molecule has 3 N–H and O–H groups in total. The zero-order valence-electron chi connectivity index (χ0n) is 15.6. The molecule has 5 rings (SSSR count). The molecule has 0 atom stereocenters. The van der Waals surface area contributed by atoms with Crippen LogP contribution in [0.3, 0.4) is 0 Å². The fraction of sp³-hybridized carbons (Fsp3) is 0.190. The molecule has 4 aromatic rings. The number of benzene rings is 2. The second-order valence-electron chi connectivity index (χ2n) is 7.57. The largest absolute Gasteiger partial charge is 0.369 e. The highest BCUT2D eigenvalue weighted by Crippen LogP contribution is 2.44. The van der Waals surface area contributed by atoms with E-state index in [4.69, 9.17) is 10.3 Å². The number of fused-ring (bicyclic) bond motifs is 2. The Labute approximate surface area is 161 Å². The van der Waals surface area contributed by atoms with Crippen LogP contribution >= 0.6 is 0 Å². The Morgan fingerprint density at radius 1 is 1.18 bits per heavy atom. The first-order chi connectivity index (χ1) is 13.4. The zero-order chi connectivity index (χ0) is 19.5. The number of carbonyl (C=O) groups is 1. The molecule has 28 heavy (non-hydrogen) atoms. The molecule has 0 saturated heterocycles. The maximum Gasteiger partial charge on any atom is 0.237 e. The van der Waals surface area contributed by atoms with E-state index >= 15 is 0 Å². The van der Waals surface area contributed by atoms with E-state index in [2.05, 4.69) is 15.1 Å². The van der Waals surface area contributed by atoms with Crippen molar-refractivity contribution in [2.45, 2.75) is 25.8 Å². The Bertz CT molecular complexity index is 1210. The number of nitrogens with one attached hydrogen (secondary N) is 1. The van der Waals surface area contributed by atoms with Crippen molar-refractivity contribution in [2.24, 2.45) is 0 Å². The van der Waals surface area contributed by atoms with Crippen molar-refractivity contribution >= 4 is 28.6 Å². The van der Waals surface area contributed by atoms with Gasteiger partial charge < -0.3 is 20.1 Å². The van der Waals surface area contributed by atoms with Gasteiger partial charge in [-0.1, -0.05) is 35.5 Å². The SMILES string of the molecule is CC1(C)C(=O)N(Cc2cc(-c3ccccc3)no2)c2cc3[nH]c(N)nc3cc21. The highest BCUT2D eigenvalue weighted by atomic mass is 16.5. The molecule has 1 aliphatic rings. The van der Waals surface area contributed by atoms with Gasteiger partial charge in [0.05, 0.1) is 28.7 Å². The van der Waals surface area contributed by atoms with Crippen LogP contribution in [0.1, 0.15) is 25.2 Å². The van der Waals surface area contributed by atoms with E-state index in [0.717, 1.165) is 33.5 Å². The predicted molar refractivity (Wildman–Crippen MR) is 107 cm³/mol. The Morgan fingerprint density at radius 2 is 1.96 bits per heavy atom. The van der Waals surface area contributed by atoms with Gasteiger partial charge in [0.15, 0.2) is 11.7 Å². The summed E-state index contributed by atoms with van der Waals surface area (Å²) in [6, 6.07) is 15.5. The van der Waals surface area contributed by atoms with Gasteiger partial charge in [0.2, 0.25) is 5.91 Å². The van der Waals surface area contributed by atoms with Gasteiger partial charge in [-0.25, -0.2) is 4.98 Å². The van der Waals surface area contributed by atoms with Crippen molar-refractivity contribution in [1.29, 1.82) is 0 Å². The Morgan fingerprint density at radius 3 is 2.75 bits per heavy atom. The summed E-state index contributed by atoms with van der Waals surface area (Å²) < 4.78 is 5.52. The number of amides is 1. The fourth-order valence-corrected chi connectivity index (χ4v) is 3.80. The monoisotopic (exact) mass is 373 g/mol. The van der Waals surface area contributed by atoms with Crippen LogP contribution in [-0.2, 0) is 16.8 Å². The minimum absolute atomic E-state index is 0.0146. The number of anilines is 2. The molecule has 0 spiro atoms. The topological polar surface area (TPSA) is 101 Å². The molecule has 1 aliphatic heterocycles. The van der Waals surface area contributed by atoms with Crippen LogP contribution in [0.5, 0.6) is 0 Å². The third-order valence-corrected chi connectivity index (χ3v) is 5.30. The first kappa shape index (κ1) is 16.6. The van der Waals surface area contributed by atoms with Crippen molar-refractivity contribution in [3.8, 4) is 11.3 Å². The molecule has 2 aromatic carbocycles. The predicted octanol–water partition coefficient (Wildman–Crippen LogP) is 3.62. The second kappa shape index (κ2) is 5.69. The second-order valence-corrected chi connectivity index (χ2v) is 7.57. The number of aromatic nitrogens is 3. The Kier molecular flexibility index (Phi) is 3.37. The summed E-state index contributed by atoms with van der Waals surface area (Å²) in [5.74, 6) is 0.998. The van der Waals surface area contributed by atoms with Gasteiger partial charge >= 0.3 is 0 Å². The minimum atomic E-state index is -0.653. The lowest BCUT2D eigenvalue weighted by atomic mass is 9.86. The van der Waals surface area contributed by atoms with Gasteiger partial charge in [0.25, 0.3) is 0 Å². The van der Waals surface area contributed by atoms with E-state index in [1.165, 1.54) is 0 Å². The Hall–Kier alpha value is -3.61. The minimum Gasteiger partial charge on any atom is -0.369 e. The first-order valence-electron chi connectivity index (χ1n) is 9.06.